The zero-order chi connectivity index (χ0) is 14.5. The Bertz CT molecular complexity index is 612. The van der Waals surface area contributed by atoms with Gasteiger partial charge < -0.3 is 10.6 Å². The van der Waals surface area contributed by atoms with Gasteiger partial charge in [-0.05, 0) is 37.6 Å². The van der Waals surface area contributed by atoms with Gasteiger partial charge in [0.1, 0.15) is 11.6 Å². The molecule has 0 bridgehead atoms. The lowest BCUT2D eigenvalue weighted by molar-refractivity contribution is 0.262. The minimum atomic E-state index is -0.355. The van der Waals surface area contributed by atoms with E-state index in [1.54, 1.807) is 36.8 Å². The quantitative estimate of drug-likeness (QED) is 0.801. The van der Waals surface area contributed by atoms with Gasteiger partial charge in [0, 0.05) is 12.4 Å². The van der Waals surface area contributed by atoms with E-state index in [1.165, 1.54) is 0 Å². The van der Waals surface area contributed by atoms with Crippen LogP contribution in [-0.2, 0) is 0 Å². The second-order valence-corrected chi connectivity index (χ2v) is 4.77. The molecule has 0 saturated carbocycles. The van der Waals surface area contributed by atoms with Gasteiger partial charge >= 0.3 is 6.03 Å². The summed E-state index contributed by atoms with van der Waals surface area (Å²) in [6.45, 7) is 0.979. The molecule has 21 heavy (non-hydrogen) atoms. The van der Waals surface area contributed by atoms with Crippen LogP contribution in [0.15, 0.2) is 36.8 Å². The highest BCUT2D eigenvalue weighted by atomic mass is 16.2. The average molecular weight is 284 g/mol. The summed E-state index contributed by atoms with van der Waals surface area (Å²) in [5.41, 5.74) is 0.627. The van der Waals surface area contributed by atoms with Gasteiger partial charge in [-0.2, -0.15) is 0 Å². The average Bonchev–Trinajstić information content (AvgIpc) is 3.02. The van der Waals surface area contributed by atoms with Crippen molar-refractivity contribution in [1.29, 1.82) is 0 Å². The predicted octanol–water partition coefficient (Wildman–Crippen LogP) is 1.94. The molecule has 1 atom stereocenters. The van der Waals surface area contributed by atoms with E-state index in [2.05, 4.69) is 30.9 Å². The number of nitrogens with zero attached hydrogens (tertiary/aromatic N) is 3. The molecule has 2 amide bonds. The van der Waals surface area contributed by atoms with Crippen LogP contribution in [0, 0.1) is 0 Å². The van der Waals surface area contributed by atoms with E-state index in [4.69, 9.17) is 0 Å². The Labute approximate surface area is 122 Å². The highest BCUT2D eigenvalue weighted by Gasteiger charge is 2.19. The molecule has 0 radical (unpaired) electrons. The molecule has 0 aromatic carbocycles. The number of amides is 2. The fourth-order valence-electron chi connectivity index (χ4n) is 2.23. The maximum absolute atomic E-state index is 11.9. The molecule has 3 rings (SSSR count). The molecular formula is C14H16N6O. The van der Waals surface area contributed by atoms with Crippen LogP contribution in [0.25, 0.3) is 0 Å². The fraction of sp³-hybridized carbons (Fsp3) is 0.286. The summed E-state index contributed by atoms with van der Waals surface area (Å²) < 4.78 is 0. The van der Waals surface area contributed by atoms with E-state index in [9.17, 15) is 4.79 Å². The van der Waals surface area contributed by atoms with Crippen molar-refractivity contribution in [3.05, 3.63) is 42.6 Å². The topological polar surface area (TPSA) is 91.8 Å². The Hall–Kier alpha value is -2.54. The number of hydrogen-bond donors (Lipinski definition) is 3. The highest BCUT2D eigenvalue weighted by Crippen LogP contribution is 2.20. The zero-order valence-electron chi connectivity index (χ0n) is 11.4. The molecular weight excluding hydrogens is 268 g/mol. The molecule has 3 N–H and O–H groups in total. The van der Waals surface area contributed by atoms with Crippen molar-refractivity contribution >= 4 is 17.5 Å². The molecule has 7 nitrogen and oxygen atoms in total. The number of aromatic nitrogens is 3. The molecule has 1 fully saturated rings. The first-order chi connectivity index (χ1) is 10.3. The van der Waals surface area contributed by atoms with Gasteiger partial charge in [0.25, 0.3) is 0 Å². The number of hydrogen-bond acceptors (Lipinski definition) is 5. The van der Waals surface area contributed by atoms with Gasteiger partial charge in [-0.25, -0.2) is 14.8 Å². The Morgan fingerprint density at radius 3 is 3.00 bits per heavy atom. The summed E-state index contributed by atoms with van der Waals surface area (Å²) in [5.74, 6) is 1.20. The van der Waals surface area contributed by atoms with E-state index < -0.39 is 0 Å². The second-order valence-electron chi connectivity index (χ2n) is 4.77. The molecule has 3 heterocycles. The zero-order valence-corrected chi connectivity index (χ0v) is 11.4. The maximum Gasteiger partial charge on any atom is 0.324 e. The van der Waals surface area contributed by atoms with E-state index in [-0.39, 0.29) is 12.1 Å². The first-order valence-electron chi connectivity index (χ1n) is 6.85. The Morgan fingerprint density at radius 2 is 2.24 bits per heavy atom. The van der Waals surface area contributed by atoms with E-state index in [1.807, 2.05) is 0 Å². The lowest BCUT2D eigenvalue weighted by Gasteiger charge is -2.11. The van der Waals surface area contributed by atoms with Crippen molar-refractivity contribution in [2.24, 2.45) is 0 Å². The third-order valence-electron chi connectivity index (χ3n) is 3.21. The van der Waals surface area contributed by atoms with Crippen LogP contribution in [0.5, 0.6) is 0 Å². The molecule has 1 unspecified atom stereocenters. The van der Waals surface area contributed by atoms with Gasteiger partial charge in [-0.15, -0.1) is 0 Å². The number of nitrogens with one attached hydrogen (secondary N) is 3. The van der Waals surface area contributed by atoms with Crippen LogP contribution < -0.4 is 16.0 Å². The van der Waals surface area contributed by atoms with Crippen molar-refractivity contribution < 1.29 is 4.79 Å². The van der Waals surface area contributed by atoms with Gasteiger partial charge in [0.2, 0.25) is 0 Å². The van der Waals surface area contributed by atoms with Crippen molar-refractivity contribution in [2.45, 2.75) is 18.9 Å². The molecule has 0 spiro atoms. The summed E-state index contributed by atoms with van der Waals surface area (Å²) in [5, 5.41) is 8.72. The number of urea groups is 1. The monoisotopic (exact) mass is 284 g/mol. The Balaban J connectivity index is 1.64. The normalized spacial score (nSPS) is 17.4. The smallest absolute Gasteiger partial charge is 0.307 e. The predicted molar refractivity (Wildman–Crippen MR) is 78.9 cm³/mol. The van der Waals surface area contributed by atoms with E-state index >= 15 is 0 Å². The van der Waals surface area contributed by atoms with Crippen molar-refractivity contribution in [2.75, 3.05) is 17.2 Å². The van der Waals surface area contributed by atoms with E-state index in [0.717, 1.165) is 19.4 Å². The summed E-state index contributed by atoms with van der Waals surface area (Å²) in [6, 6.07) is 5.01. The summed E-state index contributed by atoms with van der Waals surface area (Å²) in [4.78, 5) is 24.5. The van der Waals surface area contributed by atoms with Gasteiger partial charge in [0.05, 0.1) is 17.9 Å². The minimum Gasteiger partial charge on any atom is -0.307 e. The molecule has 2 aromatic rings. The molecule has 7 heteroatoms. The molecule has 1 saturated heterocycles. The Morgan fingerprint density at radius 1 is 1.29 bits per heavy atom. The minimum absolute atomic E-state index is 0.174. The first-order valence-corrected chi connectivity index (χ1v) is 6.85. The number of carbonyl (C=O) groups is 1. The molecule has 2 aromatic heterocycles. The lowest BCUT2D eigenvalue weighted by atomic mass is 10.2. The number of rotatable bonds is 3. The third kappa shape index (κ3) is 3.51. The van der Waals surface area contributed by atoms with Crippen molar-refractivity contribution in [3.63, 3.8) is 0 Å². The maximum atomic E-state index is 11.9. The van der Waals surface area contributed by atoms with Crippen LogP contribution in [0.2, 0.25) is 0 Å². The van der Waals surface area contributed by atoms with Gasteiger partial charge in [-0.3, -0.25) is 10.3 Å². The van der Waals surface area contributed by atoms with Crippen LogP contribution in [0.4, 0.5) is 16.3 Å². The number of anilines is 2. The Kier molecular flexibility index (Phi) is 4.02. The van der Waals surface area contributed by atoms with Gasteiger partial charge in [0.15, 0.2) is 0 Å². The van der Waals surface area contributed by atoms with Crippen LogP contribution in [0.1, 0.15) is 24.7 Å². The van der Waals surface area contributed by atoms with Crippen LogP contribution >= 0.6 is 0 Å². The van der Waals surface area contributed by atoms with Crippen molar-refractivity contribution in [3.8, 4) is 0 Å². The van der Waals surface area contributed by atoms with Crippen molar-refractivity contribution in [1.82, 2.24) is 20.3 Å². The molecule has 1 aliphatic heterocycles. The fourth-order valence-corrected chi connectivity index (χ4v) is 2.23. The second kappa shape index (κ2) is 6.27. The molecule has 108 valence electrons. The SMILES string of the molecule is O=C(Nc1cccnc1)Nc1ccnc(C2CCCN2)n1. The molecule has 0 aliphatic carbocycles. The molecule has 1 aliphatic rings. The number of pyridine rings is 1. The van der Waals surface area contributed by atoms with Crippen LogP contribution in [-0.4, -0.2) is 27.5 Å². The van der Waals surface area contributed by atoms with Crippen LogP contribution in [0.3, 0.4) is 0 Å². The largest absolute Gasteiger partial charge is 0.324 e. The third-order valence-corrected chi connectivity index (χ3v) is 3.21. The summed E-state index contributed by atoms with van der Waals surface area (Å²) in [7, 11) is 0. The van der Waals surface area contributed by atoms with E-state index in [0.29, 0.717) is 17.3 Å². The number of carbonyl (C=O) groups excluding carboxylic acids is 1. The lowest BCUT2D eigenvalue weighted by Crippen LogP contribution is -2.21. The summed E-state index contributed by atoms with van der Waals surface area (Å²) >= 11 is 0. The summed E-state index contributed by atoms with van der Waals surface area (Å²) in [6.07, 6.45) is 7.02. The first kappa shape index (κ1) is 13.4. The highest BCUT2D eigenvalue weighted by molar-refractivity contribution is 5.98. The standard InChI is InChI=1S/C14H16N6O/c21-14(18-10-3-1-6-15-9-10)20-12-5-8-17-13(19-12)11-4-2-7-16-11/h1,3,5-6,8-9,11,16H,2,4,7H2,(H2,17,18,19,20,21). The van der Waals surface area contributed by atoms with Gasteiger partial charge in [-0.1, -0.05) is 0 Å².